The zero-order chi connectivity index (χ0) is 13.6. The van der Waals surface area contributed by atoms with Crippen molar-refractivity contribution in [3.8, 4) is 11.1 Å². The lowest BCUT2D eigenvalue weighted by Gasteiger charge is -2.08. The molecule has 1 aromatic carbocycles. The lowest BCUT2D eigenvalue weighted by atomic mass is 10.0. The lowest BCUT2D eigenvalue weighted by Crippen LogP contribution is -2.18. The van der Waals surface area contributed by atoms with E-state index in [4.69, 9.17) is 5.73 Å². The molecule has 0 unspecified atom stereocenters. The Hall–Kier alpha value is -2.56. The van der Waals surface area contributed by atoms with E-state index in [2.05, 4.69) is 5.32 Å². The fourth-order valence-corrected chi connectivity index (χ4v) is 2.23. The summed E-state index contributed by atoms with van der Waals surface area (Å²) in [5.74, 6) is 0.410. The first kappa shape index (κ1) is 11.5. The quantitative estimate of drug-likeness (QED) is 0.802. The van der Waals surface area contributed by atoms with Gasteiger partial charge in [-0.05, 0) is 34.9 Å². The van der Waals surface area contributed by atoms with Gasteiger partial charge in [-0.15, -0.1) is 0 Å². The summed E-state index contributed by atoms with van der Waals surface area (Å²) in [6.07, 6.45) is 0.378. The van der Waals surface area contributed by atoms with Crippen molar-refractivity contribution in [1.29, 1.82) is 0 Å². The van der Waals surface area contributed by atoms with Gasteiger partial charge in [0.15, 0.2) is 0 Å². The van der Waals surface area contributed by atoms with Crippen molar-refractivity contribution < 1.29 is 4.79 Å². The van der Waals surface area contributed by atoms with Crippen LogP contribution in [0.5, 0.6) is 0 Å². The Morgan fingerprint density at radius 1 is 1.16 bits per heavy atom. The van der Waals surface area contributed by atoms with Crippen LogP contribution in [0.4, 0.5) is 11.5 Å². The molecule has 0 atom stereocenters. The number of nitrogens with one attached hydrogen (secondary N) is 1. The average Bonchev–Trinajstić information content (AvgIpc) is 2.74. The molecule has 5 nitrogen and oxygen atoms in total. The van der Waals surface area contributed by atoms with Crippen LogP contribution in [-0.4, -0.2) is 10.5 Å². The number of amides is 1. The van der Waals surface area contributed by atoms with Gasteiger partial charge in [-0.2, -0.15) is 0 Å². The zero-order valence-corrected chi connectivity index (χ0v) is 10.4. The number of nitrogens with zero attached hydrogens (tertiary/aromatic N) is 1. The molecule has 96 valence electrons. The summed E-state index contributed by atoms with van der Waals surface area (Å²) in [5, 5.41) is 2.78. The van der Waals surface area contributed by atoms with Crippen LogP contribution in [0.15, 0.2) is 35.1 Å². The third-order valence-corrected chi connectivity index (χ3v) is 3.36. The first-order valence-electron chi connectivity index (χ1n) is 5.94. The average molecular weight is 255 g/mol. The number of benzene rings is 1. The maximum absolute atomic E-state index is 11.7. The van der Waals surface area contributed by atoms with Crippen LogP contribution >= 0.6 is 0 Å². The minimum Gasteiger partial charge on any atom is -0.385 e. The van der Waals surface area contributed by atoms with E-state index in [1.165, 1.54) is 4.57 Å². The summed E-state index contributed by atoms with van der Waals surface area (Å²) in [7, 11) is 1.63. The van der Waals surface area contributed by atoms with Gasteiger partial charge in [-0.1, -0.05) is 6.07 Å². The highest BCUT2D eigenvalue weighted by molar-refractivity contribution is 5.99. The molecule has 2 heterocycles. The van der Waals surface area contributed by atoms with Crippen molar-refractivity contribution in [3.63, 3.8) is 0 Å². The normalized spacial score (nSPS) is 13.2. The van der Waals surface area contributed by atoms with E-state index in [0.717, 1.165) is 22.4 Å². The fourth-order valence-electron chi connectivity index (χ4n) is 2.23. The summed E-state index contributed by atoms with van der Waals surface area (Å²) >= 11 is 0. The van der Waals surface area contributed by atoms with E-state index in [0.29, 0.717) is 12.2 Å². The maximum Gasteiger partial charge on any atom is 0.252 e. The Morgan fingerprint density at radius 2 is 1.95 bits per heavy atom. The highest BCUT2D eigenvalue weighted by atomic mass is 16.1. The minimum atomic E-state index is -0.148. The number of aromatic nitrogens is 1. The number of pyridine rings is 1. The molecule has 19 heavy (non-hydrogen) atoms. The number of rotatable bonds is 1. The Labute approximate surface area is 109 Å². The van der Waals surface area contributed by atoms with E-state index in [9.17, 15) is 9.59 Å². The highest BCUT2D eigenvalue weighted by Crippen LogP contribution is 2.29. The SMILES string of the molecule is Cn1c(N)cc(-c2ccc3c(c2)CC(=O)N3)cc1=O. The van der Waals surface area contributed by atoms with Gasteiger partial charge in [0, 0.05) is 18.8 Å². The van der Waals surface area contributed by atoms with Crippen LogP contribution in [0.2, 0.25) is 0 Å². The smallest absolute Gasteiger partial charge is 0.252 e. The number of hydrogen-bond donors (Lipinski definition) is 2. The summed E-state index contributed by atoms with van der Waals surface area (Å²) in [4.78, 5) is 23.1. The molecule has 0 radical (unpaired) electrons. The van der Waals surface area contributed by atoms with Crippen molar-refractivity contribution in [2.24, 2.45) is 7.05 Å². The van der Waals surface area contributed by atoms with Crippen LogP contribution in [0.1, 0.15) is 5.56 Å². The van der Waals surface area contributed by atoms with E-state index in [1.807, 2.05) is 18.2 Å². The number of hydrogen-bond acceptors (Lipinski definition) is 3. The molecular weight excluding hydrogens is 242 g/mol. The summed E-state index contributed by atoms with van der Waals surface area (Å²) in [6, 6.07) is 8.94. The molecule has 0 bridgehead atoms. The van der Waals surface area contributed by atoms with E-state index in [-0.39, 0.29) is 11.5 Å². The number of carbonyl (C=O) groups is 1. The van der Waals surface area contributed by atoms with Crippen LogP contribution in [0.25, 0.3) is 11.1 Å². The second-order valence-electron chi connectivity index (χ2n) is 4.66. The second-order valence-corrected chi connectivity index (χ2v) is 4.66. The van der Waals surface area contributed by atoms with Crippen LogP contribution in [0, 0.1) is 0 Å². The number of nitrogens with two attached hydrogens (primary N) is 1. The van der Waals surface area contributed by atoms with Gasteiger partial charge < -0.3 is 11.1 Å². The van der Waals surface area contributed by atoms with Crippen LogP contribution < -0.4 is 16.6 Å². The van der Waals surface area contributed by atoms with Crippen molar-refractivity contribution in [2.45, 2.75) is 6.42 Å². The van der Waals surface area contributed by atoms with Crippen molar-refractivity contribution >= 4 is 17.4 Å². The molecule has 3 rings (SSSR count). The summed E-state index contributed by atoms with van der Waals surface area (Å²) < 4.78 is 1.39. The van der Waals surface area contributed by atoms with Gasteiger partial charge in [0.2, 0.25) is 5.91 Å². The van der Waals surface area contributed by atoms with Gasteiger partial charge >= 0.3 is 0 Å². The standard InChI is InChI=1S/C14H13N3O2/c1-17-12(15)5-9(7-14(17)19)8-2-3-11-10(4-8)6-13(18)16-11/h2-5,7H,6,15H2,1H3,(H,16,18). The first-order valence-corrected chi connectivity index (χ1v) is 5.94. The molecule has 1 aromatic heterocycles. The van der Waals surface area contributed by atoms with Crippen molar-refractivity contribution in [1.82, 2.24) is 4.57 Å². The third-order valence-electron chi connectivity index (χ3n) is 3.36. The third kappa shape index (κ3) is 1.89. The second kappa shape index (κ2) is 3.98. The van der Waals surface area contributed by atoms with Gasteiger partial charge in [-0.25, -0.2) is 0 Å². The minimum absolute atomic E-state index is 0.00404. The molecule has 0 saturated carbocycles. The molecule has 3 N–H and O–H groups in total. The Bertz CT molecular complexity index is 747. The van der Waals surface area contributed by atoms with E-state index in [1.54, 1.807) is 19.2 Å². The Kier molecular flexibility index (Phi) is 2.41. The number of anilines is 2. The molecule has 0 spiro atoms. The number of carbonyl (C=O) groups excluding carboxylic acids is 1. The zero-order valence-electron chi connectivity index (χ0n) is 10.4. The predicted molar refractivity (Wildman–Crippen MR) is 73.9 cm³/mol. The molecular formula is C14H13N3O2. The summed E-state index contributed by atoms with van der Waals surface area (Å²) in [6.45, 7) is 0. The molecule has 1 aliphatic heterocycles. The lowest BCUT2D eigenvalue weighted by molar-refractivity contribution is -0.115. The molecule has 1 amide bonds. The monoisotopic (exact) mass is 255 g/mol. The molecule has 0 saturated heterocycles. The topological polar surface area (TPSA) is 77.1 Å². The van der Waals surface area contributed by atoms with Crippen LogP contribution in [0.3, 0.4) is 0 Å². The van der Waals surface area contributed by atoms with Gasteiger partial charge in [0.25, 0.3) is 5.56 Å². The Balaban J connectivity index is 2.11. The van der Waals surface area contributed by atoms with Crippen molar-refractivity contribution in [2.75, 3.05) is 11.1 Å². The van der Waals surface area contributed by atoms with Gasteiger partial charge in [0.05, 0.1) is 6.42 Å². The number of fused-ring (bicyclic) bond motifs is 1. The maximum atomic E-state index is 11.7. The molecule has 2 aromatic rings. The van der Waals surface area contributed by atoms with Crippen LogP contribution in [-0.2, 0) is 18.3 Å². The predicted octanol–water partition coefficient (Wildman–Crippen LogP) is 1.13. The highest BCUT2D eigenvalue weighted by Gasteiger charge is 2.17. The molecule has 0 aliphatic carbocycles. The molecule has 5 heteroatoms. The van der Waals surface area contributed by atoms with E-state index >= 15 is 0 Å². The first-order chi connectivity index (χ1) is 9.04. The van der Waals surface area contributed by atoms with Gasteiger partial charge in [0.1, 0.15) is 5.82 Å². The molecule has 1 aliphatic rings. The largest absolute Gasteiger partial charge is 0.385 e. The summed E-state index contributed by atoms with van der Waals surface area (Å²) in [5.41, 5.74) is 9.08. The van der Waals surface area contributed by atoms with Crippen molar-refractivity contribution in [3.05, 3.63) is 46.2 Å². The van der Waals surface area contributed by atoms with Gasteiger partial charge in [-0.3, -0.25) is 14.2 Å². The fraction of sp³-hybridized carbons (Fsp3) is 0.143. The number of nitrogen functional groups attached to an aromatic ring is 1. The Morgan fingerprint density at radius 3 is 2.68 bits per heavy atom. The van der Waals surface area contributed by atoms with E-state index < -0.39 is 0 Å². The molecule has 0 fully saturated rings.